The van der Waals surface area contributed by atoms with Gasteiger partial charge in [0.05, 0.1) is 22.6 Å². The molecule has 0 aliphatic heterocycles. The van der Waals surface area contributed by atoms with Gasteiger partial charge in [-0.25, -0.2) is 9.67 Å². The maximum atomic E-state index is 5.12. The number of aromatic nitrogens is 3. The number of para-hydroxylation sites is 2. The molecule has 0 spiro atoms. The van der Waals surface area contributed by atoms with Crippen LogP contribution in [0.5, 0.6) is 0 Å². The van der Waals surface area contributed by atoms with E-state index in [2.05, 4.69) is 84.2 Å². The first-order chi connectivity index (χ1) is 15.9. The zero-order chi connectivity index (χ0) is 21.3. The summed E-state index contributed by atoms with van der Waals surface area (Å²) in [7, 11) is 0. The van der Waals surface area contributed by atoms with Crippen LogP contribution in [-0.2, 0) is 0 Å². The van der Waals surface area contributed by atoms with Crippen LogP contribution in [0.4, 0.5) is 0 Å². The Hall–Kier alpha value is -4.02. The molecule has 4 heteroatoms. The maximum absolute atomic E-state index is 5.12. The van der Waals surface area contributed by atoms with E-state index in [1.54, 1.807) is 11.3 Å². The Kier molecular flexibility index (Phi) is 4.63. The fourth-order valence-electron chi connectivity index (χ4n) is 4.04. The number of rotatable bonds is 4. The van der Waals surface area contributed by atoms with Crippen LogP contribution in [0, 0.1) is 0 Å². The normalized spacial score (nSPS) is 11.1. The van der Waals surface area contributed by atoms with Crippen molar-refractivity contribution >= 4 is 22.2 Å². The third-order valence-corrected chi connectivity index (χ3v) is 6.48. The van der Waals surface area contributed by atoms with Crippen molar-refractivity contribution in [1.29, 1.82) is 0 Å². The van der Waals surface area contributed by atoms with Crippen LogP contribution >= 0.6 is 11.3 Å². The second-order valence-corrected chi connectivity index (χ2v) is 8.53. The van der Waals surface area contributed by atoms with E-state index in [0.29, 0.717) is 0 Å². The molecule has 0 unspecified atom stereocenters. The van der Waals surface area contributed by atoms with E-state index in [1.165, 1.54) is 4.88 Å². The van der Waals surface area contributed by atoms with Gasteiger partial charge >= 0.3 is 0 Å². The smallest absolute Gasteiger partial charge is 0.0935 e. The Balaban J connectivity index is 1.61. The summed E-state index contributed by atoms with van der Waals surface area (Å²) in [5.74, 6) is 0. The van der Waals surface area contributed by atoms with Gasteiger partial charge in [0, 0.05) is 33.2 Å². The Morgan fingerprint density at radius 1 is 0.656 bits per heavy atom. The third-order valence-electron chi connectivity index (χ3n) is 5.58. The monoisotopic (exact) mass is 429 g/mol. The van der Waals surface area contributed by atoms with Gasteiger partial charge in [-0.3, -0.25) is 0 Å². The molecular formula is C28H19N3S. The third kappa shape index (κ3) is 3.31. The summed E-state index contributed by atoms with van der Waals surface area (Å²) in [5, 5.41) is 8.13. The van der Waals surface area contributed by atoms with Crippen molar-refractivity contribution in [3.63, 3.8) is 0 Å². The fraction of sp³-hybridized carbons (Fsp3) is 0. The first kappa shape index (κ1) is 18.7. The summed E-state index contributed by atoms with van der Waals surface area (Å²) in [6.07, 6.45) is 2.02. The van der Waals surface area contributed by atoms with Crippen molar-refractivity contribution in [3.05, 3.63) is 115 Å². The van der Waals surface area contributed by atoms with E-state index in [4.69, 9.17) is 10.1 Å². The predicted molar refractivity (Wildman–Crippen MR) is 133 cm³/mol. The predicted octanol–water partition coefficient (Wildman–Crippen LogP) is 7.48. The lowest BCUT2D eigenvalue weighted by molar-refractivity contribution is 0.885. The lowest BCUT2D eigenvalue weighted by atomic mass is 9.99. The van der Waals surface area contributed by atoms with E-state index >= 15 is 0 Å². The minimum atomic E-state index is 0.932. The Morgan fingerprint density at radius 2 is 1.47 bits per heavy atom. The first-order valence-electron chi connectivity index (χ1n) is 10.5. The van der Waals surface area contributed by atoms with E-state index < -0.39 is 0 Å². The van der Waals surface area contributed by atoms with Crippen LogP contribution in [0.1, 0.15) is 0 Å². The van der Waals surface area contributed by atoms with Gasteiger partial charge in [-0.1, -0.05) is 72.8 Å². The maximum Gasteiger partial charge on any atom is 0.0935 e. The largest absolute Gasteiger partial charge is 0.247 e. The molecule has 152 valence electrons. The minimum absolute atomic E-state index is 0.932. The molecule has 0 radical (unpaired) electrons. The second kappa shape index (κ2) is 7.91. The molecule has 0 bridgehead atoms. The molecule has 6 rings (SSSR count). The molecule has 0 aliphatic rings. The SMILES string of the molecule is c1ccc(-c2cc(-c3ccn(-c4ccccc4)n3)c3cccc(-c4cccs4)c3n2)cc1. The van der Waals surface area contributed by atoms with Crippen molar-refractivity contribution in [2.45, 2.75) is 0 Å². The lowest BCUT2D eigenvalue weighted by Crippen LogP contribution is -1.96. The van der Waals surface area contributed by atoms with E-state index in [1.807, 2.05) is 35.1 Å². The van der Waals surface area contributed by atoms with Gasteiger partial charge in [-0.2, -0.15) is 5.10 Å². The van der Waals surface area contributed by atoms with Gasteiger partial charge in [-0.15, -0.1) is 11.3 Å². The van der Waals surface area contributed by atoms with Crippen molar-refractivity contribution in [1.82, 2.24) is 14.8 Å². The zero-order valence-corrected chi connectivity index (χ0v) is 18.0. The van der Waals surface area contributed by atoms with Gasteiger partial charge in [0.25, 0.3) is 0 Å². The lowest BCUT2D eigenvalue weighted by Gasteiger charge is -2.11. The Bertz CT molecular complexity index is 1500. The van der Waals surface area contributed by atoms with Gasteiger partial charge < -0.3 is 0 Å². The summed E-state index contributed by atoms with van der Waals surface area (Å²) >= 11 is 1.74. The standard InChI is InChI=1S/C28H19N3S/c1-3-9-20(10-4-1)26-19-24(25-16-17-31(30-25)21-11-5-2-6-12-21)22-13-7-14-23(28(22)29-26)27-15-8-18-32-27/h1-19H. The average Bonchev–Trinajstić information content (AvgIpc) is 3.57. The molecule has 0 saturated heterocycles. The molecule has 0 N–H and O–H groups in total. The molecule has 0 saturated carbocycles. The Morgan fingerprint density at radius 3 is 2.25 bits per heavy atom. The molecule has 32 heavy (non-hydrogen) atoms. The second-order valence-electron chi connectivity index (χ2n) is 7.58. The number of nitrogens with zero attached hydrogens (tertiary/aromatic N) is 3. The van der Waals surface area contributed by atoms with E-state index in [9.17, 15) is 0 Å². The van der Waals surface area contributed by atoms with Crippen LogP contribution in [0.3, 0.4) is 0 Å². The number of fused-ring (bicyclic) bond motifs is 1. The summed E-state index contributed by atoms with van der Waals surface area (Å²) in [6.45, 7) is 0. The van der Waals surface area contributed by atoms with Crippen LogP contribution in [0.15, 0.2) is 115 Å². The number of benzene rings is 3. The van der Waals surface area contributed by atoms with Crippen LogP contribution in [0.25, 0.3) is 49.5 Å². The molecule has 0 atom stereocenters. The molecule has 0 amide bonds. The van der Waals surface area contributed by atoms with Crippen molar-refractivity contribution in [3.8, 4) is 38.6 Å². The summed E-state index contributed by atoms with van der Waals surface area (Å²) in [5.41, 5.74) is 7.26. The van der Waals surface area contributed by atoms with Gasteiger partial charge in [0.1, 0.15) is 0 Å². The average molecular weight is 430 g/mol. The van der Waals surface area contributed by atoms with Gasteiger partial charge in [0.15, 0.2) is 0 Å². The molecular weight excluding hydrogens is 410 g/mol. The summed E-state index contributed by atoms with van der Waals surface area (Å²) in [4.78, 5) is 6.34. The van der Waals surface area contributed by atoms with Gasteiger partial charge in [-0.05, 0) is 35.7 Å². The zero-order valence-electron chi connectivity index (χ0n) is 17.2. The quantitative estimate of drug-likeness (QED) is 0.291. The molecule has 3 nitrogen and oxygen atoms in total. The highest BCUT2D eigenvalue weighted by Crippen LogP contribution is 2.37. The topological polar surface area (TPSA) is 30.7 Å². The summed E-state index contributed by atoms with van der Waals surface area (Å²) < 4.78 is 1.92. The summed E-state index contributed by atoms with van der Waals surface area (Å²) in [6, 6.07) is 35.4. The molecule has 0 fully saturated rings. The van der Waals surface area contributed by atoms with E-state index in [0.717, 1.165) is 44.7 Å². The number of hydrogen-bond donors (Lipinski definition) is 0. The molecule has 6 aromatic rings. The molecule has 0 aliphatic carbocycles. The Labute approximate surface area is 190 Å². The first-order valence-corrected chi connectivity index (χ1v) is 11.4. The highest BCUT2D eigenvalue weighted by atomic mass is 32.1. The van der Waals surface area contributed by atoms with Crippen LogP contribution < -0.4 is 0 Å². The number of thiophene rings is 1. The molecule has 3 heterocycles. The van der Waals surface area contributed by atoms with Crippen LogP contribution in [-0.4, -0.2) is 14.8 Å². The number of hydrogen-bond acceptors (Lipinski definition) is 3. The van der Waals surface area contributed by atoms with Crippen molar-refractivity contribution in [2.24, 2.45) is 0 Å². The van der Waals surface area contributed by atoms with Crippen molar-refractivity contribution in [2.75, 3.05) is 0 Å². The van der Waals surface area contributed by atoms with Gasteiger partial charge in [0.2, 0.25) is 0 Å². The molecule has 3 aromatic carbocycles. The highest BCUT2D eigenvalue weighted by molar-refractivity contribution is 7.13. The van der Waals surface area contributed by atoms with E-state index in [-0.39, 0.29) is 0 Å². The van der Waals surface area contributed by atoms with Crippen molar-refractivity contribution < 1.29 is 0 Å². The van der Waals surface area contributed by atoms with Crippen LogP contribution in [0.2, 0.25) is 0 Å². The highest BCUT2D eigenvalue weighted by Gasteiger charge is 2.15. The number of pyridine rings is 1. The molecule has 3 aromatic heterocycles. The minimum Gasteiger partial charge on any atom is -0.247 e. The fourth-order valence-corrected chi connectivity index (χ4v) is 4.79.